The van der Waals surface area contributed by atoms with Crippen LogP contribution in [0.3, 0.4) is 0 Å². The molecule has 1 fully saturated rings. The van der Waals surface area contributed by atoms with Crippen molar-refractivity contribution in [1.29, 1.82) is 0 Å². The molecule has 0 spiro atoms. The molecule has 2 amide bonds. The molecule has 0 saturated carbocycles. The lowest BCUT2D eigenvalue weighted by molar-refractivity contribution is -0.152. The lowest BCUT2D eigenvalue weighted by atomic mass is 9.84. The van der Waals surface area contributed by atoms with Crippen molar-refractivity contribution >= 4 is 11.8 Å². The van der Waals surface area contributed by atoms with Gasteiger partial charge in [0.15, 0.2) is 0 Å². The van der Waals surface area contributed by atoms with E-state index in [0.717, 1.165) is 0 Å². The summed E-state index contributed by atoms with van der Waals surface area (Å²) in [5, 5.41) is 2.69. The van der Waals surface area contributed by atoms with E-state index in [1.54, 1.807) is 6.92 Å². The molecule has 4 nitrogen and oxygen atoms in total. The van der Waals surface area contributed by atoms with E-state index in [-0.39, 0.29) is 31.2 Å². The van der Waals surface area contributed by atoms with Gasteiger partial charge in [-0.15, -0.1) is 0 Å². The summed E-state index contributed by atoms with van der Waals surface area (Å²) in [5.74, 6) is -0.480. The van der Waals surface area contributed by atoms with Gasteiger partial charge in [0.05, 0.1) is 0 Å². The maximum atomic E-state index is 12.4. The number of unbranched alkanes of at least 4 members (excludes halogenated alkanes) is 1. The van der Waals surface area contributed by atoms with Crippen molar-refractivity contribution in [2.45, 2.75) is 65.2 Å². The topological polar surface area (TPSA) is 49.4 Å². The highest BCUT2D eigenvalue weighted by Crippen LogP contribution is 2.26. The summed E-state index contributed by atoms with van der Waals surface area (Å²) < 4.78 is 36.3. The van der Waals surface area contributed by atoms with Gasteiger partial charge in [0.2, 0.25) is 11.8 Å². The Morgan fingerprint density at radius 3 is 2.19 bits per heavy atom. The quantitative estimate of drug-likeness (QED) is 0.811. The number of rotatable bonds is 4. The number of nitrogens with one attached hydrogen (secondary N) is 1. The van der Waals surface area contributed by atoms with Crippen LogP contribution in [0.4, 0.5) is 13.2 Å². The molecule has 1 rings (SSSR count). The minimum Gasteiger partial charge on any atom is -0.342 e. The highest BCUT2D eigenvalue weighted by molar-refractivity contribution is 5.97. The molecule has 1 saturated heterocycles. The molecular formula is C14H23F3N2O2. The van der Waals surface area contributed by atoms with E-state index >= 15 is 0 Å². The first-order valence-electron chi connectivity index (χ1n) is 7.11. The third-order valence-corrected chi connectivity index (χ3v) is 3.64. The van der Waals surface area contributed by atoms with Gasteiger partial charge in [0, 0.05) is 13.0 Å². The summed E-state index contributed by atoms with van der Waals surface area (Å²) in [7, 11) is 0. The monoisotopic (exact) mass is 308 g/mol. The Bertz CT molecular complexity index is 402. The predicted octanol–water partition coefficient (Wildman–Crippen LogP) is 2.48. The number of alkyl halides is 3. The first-order chi connectivity index (χ1) is 9.43. The van der Waals surface area contributed by atoms with Crippen molar-refractivity contribution in [2.75, 3.05) is 6.54 Å². The molecule has 0 aliphatic carbocycles. The molecule has 7 heteroatoms. The zero-order valence-corrected chi connectivity index (χ0v) is 12.9. The normalized spacial score (nSPS) is 24.2. The number of halogens is 3. The molecule has 1 heterocycles. The van der Waals surface area contributed by atoms with Gasteiger partial charge >= 0.3 is 6.18 Å². The number of hydrogen-bond donors (Lipinski definition) is 1. The van der Waals surface area contributed by atoms with Crippen LogP contribution in [0.15, 0.2) is 0 Å². The summed E-state index contributed by atoms with van der Waals surface area (Å²) in [6.45, 7) is 7.29. The second kappa shape index (κ2) is 6.23. The molecule has 1 aliphatic heterocycles. The molecule has 122 valence electrons. The fourth-order valence-electron chi connectivity index (χ4n) is 2.32. The zero-order valence-electron chi connectivity index (χ0n) is 12.9. The Morgan fingerprint density at radius 1 is 1.14 bits per heavy atom. The summed E-state index contributed by atoms with van der Waals surface area (Å²) in [5.41, 5.74) is -0.433. The molecular weight excluding hydrogens is 285 g/mol. The van der Waals surface area contributed by atoms with E-state index in [4.69, 9.17) is 0 Å². The van der Waals surface area contributed by atoms with Crippen LogP contribution < -0.4 is 5.32 Å². The standard InChI is InChI=1S/C14H23F3N2O2/c1-9-11(20)18-10(13(2,3)4)12(21)19(9)8-6-5-7-14(15,16)17/h9-10H,5-8H2,1-4H3,(H,18,20). The average molecular weight is 308 g/mol. The fourth-order valence-corrected chi connectivity index (χ4v) is 2.32. The minimum atomic E-state index is -4.18. The molecule has 0 aromatic heterocycles. The van der Waals surface area contributed by atoms with Crippen molar-refractivity contribution < 1.29 is 22.8 Å². The van der Waals surface area contributed by atoms with Crippen LogP contribution in [0.25, 0.3) is 0 Å². The number of carbonyl (C=O) groups excluding carboxylic acids is 2. The first kappa shape index (κ1) is 17.8. The van der Waals surface area contributed by atoms with Crippen molar-refractivity contribution in [2.24, 2.45) is 5.41 Å². The van der Waals surface area contributed by atoms with Gasteiger partial charge in [0.25, 0.3) is 0 Å². The van der Waals surface area contributed by atoms with Gasteiger partial charge in [-0.25, -0.2) is 0 Å². The van der Waals surface area contributed by atoms with Crippen molar-refractivity contribution in [3.63, 3.8) is 0 Å². The van der Waals surface area contributed by atoms with Gasteiger partial charge < -0.3 is 10.2 Å². The summed E-state index contributed by atoms with van der Waals surface area (Å²) in [6.07, 6.45) is -4.84. The van der Waals surface area contributed by atoms with Gasteiger partial charge in [-0.1, -0.05) is 20.8 Å². The molecule has 0 radical (unpaired) electrons. The average Bonchev–Trinajstić information content (AvgIpc) is 2.30. The molecule has 0 aromatic carbocycles. The third kappa shape index (κ3) is 4.89. The van der Waals surface area contributed by atoms with E-state index in [1.807, 2.05) is 20.8 Å². The number of hydrogen-bond acceptors (Lipinski definition) is 2. The van der Waals surface area contributed by atoms with Crippen LogP contribution in [-0.4, -0.2) is 41.5 Å². The lowest BCUT2D eigenvalue weighted by Gasteiger charge is -2.42. The summed E-state index contributed by atoms with van der Waals surface area (Å²) in [4.78, 5) is 25.7. The summed E-state index contributed by atoms with van der Waals surface area (Å²) in [6, 6.07) is -1.27. The highest BCUT2D eigenvalue weighted by Gasteiger charge is 2.43. The van der Waals surface area contributed by atoms with Crippen LogP contribution >= 0.6 is 0 Å². The van der Waals surface area contributed by atoms with Gasteiger partial charge in [-0.05, 0) is 25.2 Å². The van der Waals surface area contributed by atoms with Crippen LogP contribution in [0.2, 0.25) is 0 Å². The molecule has 2 unspecified atom stereocenters. The molecule has 0 aromatic rings. The minimum absolute atomic E-state index is 0.0399. The fraction of sp³-hybridized carbons (Fsp3) is 0.857. The molecule has 0 bridgehead atoms. The van der Waals surface area contributed by atoms with E-state index in [2.05, 4.69) is 5.32 Å². The van der Waals surface area contributed by atoms with E-state index in [9.17, 15) is 22.8 Å². The molecule has 21 heavy (non-hydrogen) atoms. The number of amides is 2. The maximum Gasteiger partial charge on any atom is 0.389 e. The molecule has 1 N–H and O–H groups in total. The van der Waals surface area contributed by atoms with Gasteiger partial charge in [-0.2, -0.15) is 13.2 Å². The Kier molecular flexibility index (Phi) is 5.28. The van der Waals surface area contributed by atoms with Crippen molar-refractivity contribution in [3.05, 3.63) is 0 Å². The van der Waals surface area contributed by atoms with Crippen molar-refractivity contribution in [3.8, 4) is 0 Å². The van der Waals surface area contributed by atoms with Crippen LogP contribution in [0.5, 0.6) is 0 Å². The van der Waals surface area contributed by atoms with Crippen LogP contribution in [0.1, 0.15) is 47.0 Å². The number of carbonyl (C=O) groups is 2. The smallest absolute Gasteiger partial charge is 0.342 e. The van der Waals surface area contributed by atoms with E-state index < -0.39 is 30.1 Å². The highest BCUT2D eigenvalue weighted by atomic mass is 19.4. The van der Waals surface area contributed by atoms with Gasteiger partial charge in [0.1, 0.15) is 12.1 Å². The second-order valence-corrected chi connectivity index (χ2v) is 6.59. The van der Waals surface area contributed by atoms with Crippen LogP contribution in [-0.2, 0) is 9.59 Å². The predicted molar refractivity (Wildman–Crippen MR) is 72.5 cm³/mol. The maximum absolute atomic E-state index is 12.4. The zero-order chi connectivity index (χ0) is 16.4. The SMILES string of the molecule is CC1C(=O)NC(C(C)(C)C)C(=O)N1CCCCC(F)(F)F. The largest absolute Gasteiger partial charge is 0.389 e. The summed E-state index contributed by atoms with van der Waals surface area (Å²) >= 11 is 0. The van der Waals surface area contributed by atoms with E-state index in [0.29, 0.717) is 0 Å². The Balaban J connectivity index is 2.65. The first-order valence-corrected chi connectivity index (χ1v) is 7.11. The third-order valence-electron chi connectivity index (χ3n) is 3.64. The molecule has 1 aliphatic rings. The Morgan fingerprint density at radius 2 is 1.71 bits per heavy atom. The lowest BCUT2D eigenvalue weighted by Crippen LogP contribution is -2.65. The number of nitrogens with zero attached hydrogens (tertiary/aromatic N) is 1. The number of piperazine rings is 1. The Labute approximate surface area is 123 Å². The Hall–Kier alpha value is -1.27. The van der Waals surface area contributed by atoms with Crippen molar-refractivity contribution in [1.82, 2.24) is 10.2 Å². The molecule has 2 atom stereocenters. The second-order valence-electron chi connectivity index (χ2n) is 6.59. The van der Waals surface area contributed by atoms with Gasteiger partial charge in [-0.3, -0.25) is 9.59 Å². The van der Waals surface area contributed by atoms with E-state index in [1.165, 1.54) is 4.90 Å². The van der Waals surface area contributed by atoms with Crippen LogP contribution in [0, 0.1) is 5.41 Å².